The minimum atomic E-state index is -3.61. The number of furan rings is 1. The maximum absolute atomic E-state index is 12.8. The van der Waals surface area contributed by atoms with Crippen molar-refractivity contribution < 1.29 is 21.8 Å². The van der Waals surface area contributed by atoms with Crippen molar-refractivity contribution in [3.8, 4) is 5.75 Å². The van der Waals surface area contributed by atoms with Gasteiger partial charge in [0.2, 0.25) is 0 Å². The van der Waals surface area contributed by atoms with E-state index in [4.69, 9.17) is 8.60 Å². The first-order valence-corrected chi connectivity index (χ1v) is 10.4. The van der Waals surface area contributed by atoms with E-state index in [-0.39, 0.29) is 11.7 Å². The molecule has 1 amide bonds. The third-order valence-corrected chi connectivity index (χ3v) is 4.82. The van der Waals surface area contributed by atoms with E-state index in [1.165, 1.54) is 11.3 Å². The number of hydrogen-bond acceptors (Lipinski definition) is 6. The molecule has 6 nitrogen and oxygen atoms in total. The van der Waals surface area contributed by atoms with Crippen LogP contribution in [0, 0.1) is 0 Å². The van der Waals surface area contributed by atoms with Crippen LogP contribution in [0.2, 0.25) is 0 Å². The summed E-state index contributed by atoms with van der Waals surface area (Å²) in [5, 5.41) is 1.85. The number of carbonyl (C=O) groups excluding carboxylic acids is 1. The highest BCUT2D eigenvalue weighted by Gasteiger charge is 2.19. The maximum Gasteiger partial charge on any atom is 0.306 e. The molecule has 2 heterocycles. The quantitative estimate of drug-likeness (QED) is 0.576. The lowest BCUT2D eigenvalue weighted by molar-refractivity contribution is 0.0722. The summed E-state index contributed by atoms with van der Waals surface area (Å²) in [6.07, 6.45) is 2.55. The van der Waals surface area contributed by atoms with E-state index >= 15 is 0 Å². The third kappa shape index (κ3) is 4.96. The largest absolute Gasteiger partial charge is 0.467 e. The van der Waals surface area contributed by atoms with Gasteiger partial charge >= 0.3 is 10.1 Å². The highest BCUT2D eigenvalue weighted by Crippen LogP contribution is 2.20. The first-order valence-electron chi connectivity index (χ1n) is 7.74. The van der Waals surface area contributed by atoms with Gasteiger partial charge in [-0.25, -0.2) is 0 Å². The summed E-state index contributed by atoms with van der Waals surface area (Å²) in [5.74, 6) is 0.760. The fourth-order valence-electron chi connectivity index (χ4n) is 2.44. The summed E-state index contributed by atoms with van der Waals surface area (Å²) in [6, 6.07) is 13.8. The number of hydrogen-bond donors (Lipinski definition) is 0. The molecule has 0 unspecified atom stereocenters. The maximum atomic E-state index is 12.8. The number of nitrogens with zero attached hydrogens (tertiary/aromatic N) is 1. The Balaban J connectivity index is 1.83. The molecule has 3 aromatic rings. The molecule has 26 heavy (non-hydrogen) atoms. The first kappa shape index (κ1) is 18.2. The summed E-state index contributed by atoms with van der Waals surface area (Å²) in [6.45, 7) is 0.597. The Kier molecular flexibility index (Phi) is 5.43. The molecule has 0 aliphatic rings. The van der Waals surface area contributed by atoms with Crippen LogP contribution in [0.4, 0.5) is 0 Å². The van der Waals surface area contributed by atoms with Gasteiger partial charge in [-0.3, -0.25) is 4.79 Å². The molecule has 136 valence electrons. The predicted molar refractivity (Wildman–Crippen MR) is 98.5 cm³/mol. The molecule has 8 heteroatoms. The number of benzene rings is 1. The molecule has 0 saturated carbocycles. The average molecular weight is 391 g/mol. The van der Waals surface area contributed by atoms with Crippen LogP contribution in [-0.2, 0) is 23.2 Å². The number of rotatable bonds is 7. The standard InChI is InChI=1S/C18H17NO5S2/c1-26(21,22)24-15-6-2-5-14(11-15)12-19(13-16-7-3-9-23-16)18(20)17-8-4-10-25-17/h2-11H,12-13H2,1H3. The van der Waals surface area contributed by atoms with Gasteiger partial charge in [0, 0.05) is 6.54 Å². The van der Waals surface area contributed by atoms with E-state index in [1.807, 2.05) is 17.5 Å². The molecule has 3 rings (SSSR count). The Labute approximate surface area is 155 Å². The molecular formula is C18H17NO5S2. The Hall–Kier alpha value is -2.58. The zero-order chi connectivity index (χ0) is 18.6. The Morgan fingerprint density at radius 2 is 2.00 bits per heavy atom. The van der Waals surface area contributed by atoms with Crippen molar-refractivity contribution in [2.75, 3.05) is 6.26 Å². The van der Waals surface area contributed by atoms with Crippen molar-refractivity contribution in [2.45, 2.75) is 13.1 Å². The second-order valence-electron chi connectivity index (χ2n) is 5.65. The second kappa shape index (κ2) is 7.76. The highest BCUT2D eigenvalue weighted by molar-refractivity contribution is 7.86. The highest BCUT2D eigenvalue weighted by atomic mass is 32.2. The van der Waals surface area contributed by atoms with Gasteiger partial charge in [-0.15, -0.1) is 11.3 Å². The van der Waals surface area contributed by atoms with E-state index < -0.39 is 10.1 Å². The zero-order valence-electron chi connectivity index (χ0n) is 14.0. The normalized spacial score (nSPS) is 11.3. The molecule has 0 saturated heterocycles. The average Bonchev–Trinajstić information content (AvgIpc) is 3.26. The van der Waals surface area contributed by atoms with Crippen molar-refractivity contribution in [2.24, 2.45) is 0 Å². The monoisotopic (exact) mass is 391 g/mol. The van der Waals surface area contributed by atoms with Gasteiger partial charge in [-0.2, -0.15) is 8.42 Å². The van der Waals surface area contributed by atoms with E-state index in [1.54, 1.807) is 47.6 Å². The van der Waals surface area contributed by atoms with Crippen molar-refractivity contribution in [3.63, 3.8) is 0 Å². The lowest BCUT2D eigenvalue weighted by Crippen LogP contribution is -2.29. The van der Waals surface area contributed by atoms with Gasteiger partial charge in [0.15, 0.2) is 0 Å². The molecular weight excluding hydrogens is 374 g/mol. The van der Waals surface area contributed by atoms with Crippen LogP contribution >= 0.6 is 11.3 Å². The van der Waals surface area contributed by atoms with Gasteiger partial charge in [-0.1, -0.05) is 18.2 Å². The topological polar surface area (TPSA) is 76.8 Å². The van der Waals surface area contributed by atoms with Gasteiger partial charge in [0.05, 0.1) is 23.9 Å². The SMILES string of the molecule is CS(=O)(=O)Oc1cccc(CN(Cc2ccco2)C(=O)c2cccs2)c1. The van der Waals surface area contributed by atoms with Crippen LogP contribution in [0.3, 0.4) is 0 Å². The van der Waals surface area contributed by atoms with Gasteiger partial charge in [0.25, 0.3) is 5.91 Å². The molecule has 0 spiro atoms. The second-order valence-corrected chi connectivity index (χ2v) is 8.18. The Morgan fingerprint density at radius 3 is 2.65 bits per heavy atom. The summed E-state index contributed by atoms with van der Waals surface area (Å²) >= 11 is 1.37. The molecule has 0 N–H and O–H groups in total. The van der Waals surface area contributed by atoms with Crippen molar-refractivity contribution in [1.29, 1.82) is 0 Å². The number of amides is 1. The van der Waals surface area contributed by atoms with Gasteiger partial charge < -0.3 is 13.5 Å². The Morgan fingerprint density at radius 1 is 1.15 bits per heavy atom. The lowest BCUT2D eigenvalue weighted by atomic mass is 10.2. The van der Waals surface area contributed by atoms with Crippen LogP contribution in [0.15, 0.2) is 64.6 Å². The van der Waals surface area contributed by atoms with Crippen molar-refractivity contribution >= 4 is 27.4 Å². The summed E-state index contributed by atoms with van der Waals surface area (Å²) in [7, 11) is -3.61. The van der Waals surface area contributed by atoms with Crippen LogP contribution < -0.4 is 4.18 Å². The van der Waals surface area contributed by atoms with E-state index in [0.717, 1.165) is 11.8 Å². The zero-order valence-corrected chi connectivity index (χ0v) is 15.6. The van der Waals surface area contributed by atoms with Crippen LogP contribution in [0.25, 0.3) is 0 Å². The van der Waals surface area contributed by atoms with Crippen molar-refractivity contribution in [3.05, 3.63) is 76.4 Å². The van der Waals surface area contributed by atoms with Crippen molar-refractivity contribution in [1.82, 2.24) is 4.90 Å². The molecule has 0 bridgehead atoms. The molecule has 0 fully saturated rings. The summed E-state index contributed by atoms with van der Waals surface area (Å²) < 4.78 is 32.9. The van der Waals surface area contributed by atoms with Crippen LogP contribution in [0.5, 0.6) is 5.75 Å². The molecule has 0 aliphatic heterocycles. The molecule has 0 aliphatic carbocycles. The fourth-order valence-corrected chi connectivity index (χ4v) is 3.58. The molecule has 1 aromatic carbocycles. The molecule has 0 radical (unpaired) electrons. The van der Waals surface area contributed by atoms with Crippen LogP contribution in [0.1, 0.15) is 21.0 Å². The summed E-state index contributed by atoms with van der Waals surface area (Å²) in [4.78, 5) is 15.1. The molecule has 0 atom stereocenters. The summed E-state index contributed by atoms with van der Waals surface area (Å²) in [5.41, 5.74) is 0.752. The minimum Gasteiger partial charge on any atom is -0.467 e. The van der Waals surface area contributed by atoms with E-state index in [2.05, 4.69) is 0 Å². The fraction of sp³-hybridized carbons (Fsp3) is 0.167. The number of thiophene rings is 1. The van der Waals surface area contributed by atoms with Gasteiger partial charge in [-0.05, 0) is 41.3 Å². The lowest BCUT2D eigenvalue weighted by Gasteiger charge is -2.21. The number of carbonyl (C=O) groups is 1. The van der Waals surface area contributed by atoms with E-state index in [0.29, 0.717) is 23.7 Å². The van der Waals surface area contributed by atoms with Gasteiger partial charge in [0.1, 0.15) is 11.5 Å². The molecule has 2 aromatic heterocycles. The minimum absolute atomic E-state index is 0.120. The van der Waals surface area contributed by atoms with Crippen LogP contribution in [-0.4, -0.2) is 25.5 Å². The smallest absolute Gasteiger partial charge is 0.306 e. The third-order valence-electron chi connectivity index (χ3n) is 3.47. The Bertz CT molecular complexity index is 963. The van der Waals surface area contributed by atoms with E-state index in [9.17, 15) is 13.2 Å². The first-order chi connectivity index (χ1) is 12.4. The predicted octanol–water partition coefficient (Wildman–Crippen LogP) is 3.52.